The highest BCUT2D eigenvalue weighted by molar-refractivity contribution is 5.89. The van der Waals surface area contributed by atoms with Gasteiger partial charge in [-0.3, -0.25) is 19.6 Å². The lowest BCUT2D eigenvalue weighted by molar-refractivity contribution is -0.183. The maximum atomic E-state index is 12.7. The third-order valence-electron chi connectivity index (χ3n) is 6.39. The first kappa shape index (κ1) is 23.8. The molecule has 7 atom stereocenters. The molecule has 0 aliphatic carbocycles. The Kier molecular flexibility index (Phi) is 6.61. The van der Waals surface area contributed by atoms with Gasteiger partial charge in [0.15, 0.2) is 12.2 Å². The molecule has 0 bridgehead atoms. The van der Waals surface area contributed by atoms with Gasteiger partial charge in [0, 0.05) is 30.7 Å². The molecule has 2 aromatic heterocycles. The monoisotopic (exact) mass is 498 g/mol. The normalized spacial score (nSPS) is 29.4. The summed E-state index contributed by atoms with van der Waals surface area (Å²) in [5.74, 6) is -3.95. The summed E-state index contributed by atoms with van der Waals surface area (Å²) in [5, 5.41) is 10.6. The summed E-state index contributed by atoms with van der Waals surface area (Å²) in [6.45, 7) is -0.736. The third kappa shape index (κ3) is 4.64. The summed E-state index contributed by atoms with van der Waals surface area (Å²) in [6.07, 6.45) is 0.503. The van der Waals surface area contributed by atoms with Crippen LogP contribution in [0.3, 0.4) is 0 Å². The number of hydrogen-bond acceptors (Lipinski definition) is 12. The smallest absolute Gasteiger partial charge is 0.339 e. The largest absolute Gasteiger partial charge is 0.459 e. The lowest BCUT2D eigenvalue weighted by Crippen LogP contribution is -2.47. The number of carbonyl (C=O) groups is 4. The van der Waals surface area contributed by atoms with Gasteiger partial charge < -0.3 is 28.8 Å². The number of nitrogens with zero attached hydrogens (tertiary/aromatic N) is 2. The number of ether oxygens (including phenoxy) is 5. The van der Waals surface area contributed by atoms with Crippen molar-refractivity contribution in [2.75, 3.05) is 13.2 Å². The van der Waals surface area contributed by atoms with E-state index in [1.165, 1.54) is 36.9 Å². The SMILES string of the molecule is O=C1C[C@H]2[C@H](O[C@@H]3[C@@H]([C@@H](O)COC(=O)c4cccnc4)OC(=O)[C@H]23)[C@@H](COC(=O)c2cccnc2)O1. The minimum Gasteiger partial charge on any atom is -0.459 e. The highest BCUT2D eigenvalue weighted by Gasteiger charge is 2.63. The molecule has 3 aliphatic heterocycles. The standard InChI is InChI=1S/C24H22N2O10/c27-15(10-32-22(29)12-3-1-5-25-8-12)20-21-18(24(31)36-20)14-7-17(28)34-16(19(14)35-21)11-33-23(30)13-4-2-6-26-9-13/h1-6,8-9,14-16,18-21,27H,7,10-11H2/t14-,15+,16-,18-,19+,20-,21+/m1/s1. The molecular formula is C24H22N2O10. The number of esters is 4. The molecule has 12 heteroatoms. The number of aromatic nitrogens is 2. The average Bonchev–Trinajstić information content (AvgIpc) is 3.44. The van der Waals surface area contributed by atoms with Gasteiger partial charge in [0.2, 0.25) is 0 Å². The summed E-state index contributed by atoms with van der Waals surface area (Å²) >= 11 is 0. The highest BCUT2D eigenvalue weighted by Crippen LogP contribution is 2.46. The van der Waals surface area contributed by atoms with Crippen molar-refractivity contribution in [3.63, 3.8) is 0 Å². The molecule has 12 nitrogen and oxygen atoms in total. The predicted octanol–water partition coefficient (Wildman–Crippen LogP) is 0.0920. The van der Waals surface area contributed by atoms with Gasteiger partial charge >= 0.3 is 23.9 Å². The van der Waals surface area contributed by atoms with Crippen LogP contribution >= 0.6 is 0 Å². The molecule has 0 unspecified atom stereocenters. The molecule has 3 saturated heterocycles. The fourth-order valence-corrected chi connectivity index (χ4v) is 4.74. The van der Waals surface area contributed by atoms with Crippen LogP contribution in [0.25, 0.3) is 0 Å². The van der Waals surface area contributed by atoms with Gasteiger partial charge in [0.25, 0.3) is 0 Å². The Bertz CT molecular complexity index is 1140. The quantitative estimate of drug-likeness (QED) is 0.405. The molecule has 0 spiro atoms. The van der Waals surface area contributed by atoms with Crippen molar-refractivity contribution in [1.82, 2.24) is 9.97 Å². The Hall–Kier alpha value is -3.90. The van der Waals surface area contributed by atoms with E-state index in [0.717, 1.165) is 0 Å². The van der Waals surface area contributed by atoms with Crippen molar-refractivity contribution in [2.24, 2.45) is 11.8 Å². The lowest BCUT2D eigenvalue weighted by atomic mass is 9.81. The maximum absolute atomic E-state index is 12.7. The number of cyclic esters (lactones) is 2. The zero-order chi connectivity index (χ0) is 25.2. The van der Waals surface area contributed by atoms with Crippen molar-refractivity contribution >= 4 is 23.9 Å². The van der Waals surface area contributed by atoms with Gasteiger partial charge in [0.1, 0.15) is 31.5 Å². The molecule has 5 rings (SSSR count). The molecule has 188 valence electrons. The first-order valence-electron chi connectivity index (χ1n) is 11.3. The second kappa shape index (κ2) is 9.99. The Balaban J connectivity index is 1.23. The summed E-state index contributed by atoms with van der Waals surface area (Å²) in [5.41, 5.74) is 0.432. The number of carbonyl (C=O) groups excluding carboxylic acids is 4. The predicted molar refractivity (Wildman–Crippen MR) is 115 cm³/mol. The van der Waals surface area contributed by atoms with E-state index in [0.29, 0.717) is 0 Å². The van der Waals surface area contributed by atoms with E-state index >= 15 is 0 Å². The lowest BCUT2D eigenvalue weighted by Gasteiger charge is -2.33. The average molecular weight is 498 g/mol. The number of pyridine rings is 2. The third-order valence-corrected chi connectivity index (χ3v) is 6.39. The summed E-state index contributed by atoms with van der Waals surface area (Å²) in [4.78, 5) is 57.1. The van der Waals surface area contributed by atoms with Gasteiger partial charge in [-0.2, -0.15) is 0 Å². The fraction of sp³-hybridized carbons (Fsp3) is 0.417. The van der Waals surface area contributed by atoms with E-state index in [9.17, 15) is 24.3 Å². The summed E-state index contributed by atoms with van der Waals surface area (Å²) in [6, 6.07) is 6.19. The topological polar surface area (TPSA) is 160 Å². The van der Waals surface area contributed by atoms with Crippen LogP contribution in [-0.4, -0.2) is 82.7 Å². The van der Waals surface area contributed by atoms with E-state index < -0.39 is 72.8 Å². The number of aliphatic hydroxyl groups excluding tert-OH is 1. The van der Waals surface area contributed by atoms with Gasteiger partial charge in [-0.25, -0.2) is 9.59 Å². The summed E-state index contributed by atoms with van der Waals surface area (Å²) < 4.78 is 27.2. The molecule has 3 aliphatic rings. The van der Waals surface area contributed by atoms with E-state index in [1.54, 1.807) is 12.1 Å². The second-order valence-electron chi connectivity index (χ2n) is 8.64. The minimum atomic E-state index is -1.37. The number of hydrogen-bond donors (Lipinski definition) is 1. The van der Waals surface area contributed by atoms with Crippen LogP contribution in [0.4, 0.5) is 0 Å². The van der Waals surface area contributed by atoms with E-state index in [2.05, 4.69) is 9.97 Å². The van der Waals surface area contributed by atoms with Gasteiger partial charge in [-0.05, 0) is 24.3 Å². The van der Waals surface area contributed by atoms with E-state index in [-0.39, 0.29) is 24.2 Å². The van der Waals surface area contributed by atoms with Crippen LogP contribution in [0.1, 0.15) is 27.1 Å². The molecule has 0 saturated carbocycles. The molecular weight excluding hydrogens is 476 g/mol. The first-order valence-corrected chi connectivity index (χ1v) is 11.3. The van der Waals surface area contributed by atoms with E-state index in [4.69, 9.17) is 23.7 Å². The number of aliphatic hydroxyl groups is 1. The van der Waals surface area contributed by atoms with Crippen molar-refractivity contribution in [3.8, 4) is 0 Å². The maximum Gasteiger partial charge on any atom is 0.339 e. The van der Waals surface area contributed by atoms with Gasteiger partial charge in [-0.15, -0.1) is 0 Å². The van der Waals surface area contributed by atoms with Crippen molar-refractivity contribution in [1.29, 1.82) is 0 Å². The molecule has 2 aromatic rings. The van der Waals surface area contributed by atoms with Crippen LogP contribution < -0.4 is 0 Å². The Labute approximate surface area is 204 Å². The Morgan fingerprint density at radius 2 is 1.67 bits per heavy atom. The van der Waals surface area contributed by atoms with Crippen LogP contribution in [0.2, 0.25) is 0 Å². The molecule has 0 radical (unpaired) electrons. The van der Waals surface area contributed by atoms with Gasteiger partial charge in [0.05, 0.1) is 23.5 Å². The molecule has 5 heterocycles. The highest BCUT2D eigenvalue weighted by atomic mass is 16.6. The molecule has 36 heavy (non-hydrogen) atoms. The zero-order valence-corrected chi connectivity index (χ0v) is 18.8. The Morgan fingerprint density at radius 3 is 2.31 bits per heavy atom. The minimum absolute atomic E-state index is 0.0905. The van der Waals surface area contributed by atoms with Crippen molar-refractivity contribution < 1.29 is 48.0 Å². The Morgan fingerprint density at radius 1 is 1.00 bits per heavy atom. The first-order chi connectivity index (χ1) is 17.4. The molecule has 0 amide bonds. The number of rotatable bonds is 7. The van der Waals surface area contributed by atoms with Crippen LogP contribution in [0.15, 0.2) is 49.1 Å². The van der Waals surface area contributed by atoms with Gasteiger partial charge in [-0.1, -0.05) is 0 Å². The molecule has 3 fully saturated rings. The number of fused-ring (bicyclic) bond motifs is 3. The van der Waals surface area contributed by atoms with Crippen LogP contribution in [0, 0.1) is 11.8 Å². The zero-order valence-electron chi connectivity index (χ0n) is 18.8. The van der Waals surface area contributed by atoms with Crippen molar-refractivity contribution in [3.05, 3.63) is 60.2 Å². The fourth-order valence-electron chi connectivity index (χ4n) is 4.74. The second-order valence-corrected chi connectivity index (χ2v) is 8.64. The summed E-state index contributed by atoms with van der Waals surface area (Å²) in [7, 11) is 0. The van der Waals surface area contributed by atoms with Crippen LogP contribution in [0.5, 0.6) is 0 Å². The van der Waals surface area contributed by atoms with Crippen LogP contribution in [-0.2, 0) is 33.3 Å². The van der Waals surface area contributed by atoms with Crippen molar-refractivity contribution in [2.45, 2.75) is 36.9 Å². The molecule has 0 aromatic carbocycles. The molecule has 1 N–H and O–H groups in total. The van der Waals surface area contributed by atoms with E-state index in [1.807, 2.05) is 0 Å².